The van der Waals surface area contributed by atoms with E-state index in [1.54, 1.807) is 18.5 Å². The van der Waals surface area contributed by atoms with E-state index in [4.69, 9.17) is 10.5 Å². The van der Waals surface area contributed by atoms with Crippen molar-refractivity contribution < 1.29 is 9.53 Å². The molecule has 1 amide bonds. The van der Waals surface area contributed by atoms with Crippen LogP contribution < -0.4 is 10.6 Å². The molecule has 86 valence electrons. The predicted octanol–water partition coefficient (Wildman–Crippen LogP) is 0.406. The summed E-state index contributed by atoms with van der Waals surface area (Å²) in [5, 5.41) is 0. The van der Waals surface area contributed by atoms with Gasteiger partial charge in [-0.2, -0.15) is 0 Å². The zero-order valence-corrected chi connectivity index (χ0v) is 9.22. The van der Waals surface area contributed by atoms with Gasteiger partial charge in [-0.15, -0.1) is 0 Å². The smallest absolute Gasteiger partial charge is 0.250 e. The highest BCUT2D eigenvalue weighted by atomic mass is 16.5. The molecule has 2 rings (SSSR count). The molecule has 0 saturated carbocycles. The fraction of sp³-hybridized carbons (Fsp3) is 0.455. The van der Waals surface area contributed by atoms with E-state index in [1.807, 2.05) is 11.8 Å². The van der Waals surface area contributed by atoms with Crippen LogP contribution in [0.2, 0.25) is 0 Å². The minimum atomic E-state index is -0.419. The lowest BCUT2D eigenvalue weighted by Gasteiger charge is -2.40. The number of hydrogen-bond acceptors (Lipinski definition) is 4. The third kappa shape index (κ3) is 1.99. The number of amides is 1. The number of primary amides is 1. The first-order chi connectivity index (χ1) is 7.72. The third-order valence-corrected chi connectivity index (χ3v) is 2.66. The van der Waals surface area contributed by atoms with Gasteiger partial charge in [0.2, 0.25) is 0 Å². The summed E-state index contributed by atoms with van der Waals surface area (Å²) in [4.78, 5) is 17.3. The van der Waals surface area contributed by atoms with Gasteiger partial charge >= 0.3 is 0 Å². The number of nitrogens with zero attached hydrogens (tertiary/aromatic N) is 2. The summed E-state index contributed by atoms with van der Waals surface area (Å²) < 4.78 is 5.45. The van der Waals surface area contributed by atoms with Crippen molar-refractivity contribution >= 4 is 11.6 Å². The van der Waals surface area contributed by atoms with Crippen molar-refractivity contribution in [2.24, 2.45) is 5.73 Å². The molecule has 5 heteroatoms. The van der Waals surface area contributed by atoms with Crippen LogP contribution in [0.25, 0.3) is 0 Å². The van der Waals surface area contributed by atoms with Gasteiger partial charge in [0.1, 0.15) is 0 Å². The molecule has 1 fully saturated rings. The van der Waals surface area contributed by atoms with Gasteiger partial charge in [-0.25, -0.2) is 0 Å². The van der Waals surface area contributed by atoms with Gasteiger partial charge in [0.25, 0.3) is 5.91 Å². The Balaban J connectivity index is 2.08. The molecular formula is C11H15N3O2. The van der Waals surface area contributed by atoms with E-state index in [-0.39, 0.29) is 6.10 Å². The summed E-state index contributed by atoms with van der Waals surface area (Å²) >= 11 is 0. The van der Waals surface area contributed by atoms with E-state index in [2.05, 4.69) is 4.98 Å². The summed E-state index contributed by atoms with van der Waals surface area (Å²) in [6.45, 7) is 4.27. The van der Waals surface area contributed by atoms with E-state index < -0.39 is 5.91 Å². The summed E-state index contributed by atoms with van der Waals surface area (Å²) in [7, 11) is 0. The number of hydrogen-bond donors (Lipinski definition) is 1. The molecule has 0 spiro atoms. The summed E-state index contributed by atoms with van der Waals surface area (Å²) in [6, 6.07) is 1.64. The second-order valence-corrected chi connectivity index (χ2v) is 3.74. The predicted molar refractivity (Wildman–Crippen MR) is 60.4 cm³/mol. The Morgan fingerprint density at radius 2 is 2.44 bits per heavy atom. The Morgan fingerprint density at radius 1 is 1.69 bits per heavy atom. The Bertz CT molecular complexity index is 389. The van der Waals surface area contributed by atoms with Gasteiger partial charge < -0.3 is 15.4 Å². The standard InChI is InChI=1S/C11H15N3O2/c1-2-16-8-6-14(7-8)10-5-13-4-3-9(10)11(12)15/h3-5,8H,2,6-7H2,1H3,(H2,12,15). The van der Waals surface area contributed by atoms with Crippen LogP contribution in [0.3, 0.4) is 0 Å². The number of aromatic nitrogens is 1. The molecule has 1 aromatic rings. The van der Waals surface area contributed by atoms with Gasteiger partial charge in [0.05, 0.1) is 23.6 Å². The summed E-state index contributed by atoms with van der Waals surface area (Å²) in [6.07, 6.45) is 3.50. The number of carbonyl (C=O) groups is 1. The molecule has 1 aliphatic heterocycles. The number of anilines is 1. The van der Waals surface area contributed by atoms with Gasteiger partial charge in [-0.1, -0.05) is 0 Å². The highest BCUT2D eigenvalue weighted by Crippen LogP contribution is 2.25. The zero-order valence-electron chi connectivity index (χ0n) is 9.22. The Kier molecular flexibility index (Phi) is 3.05. The highest BCUT2D eigenvalue weighted by Gasteiger charge is 2.29. The maximum atomic E-state index is 11.2. The topological polar surface area (TPSA) is 68.4 Å². The van der Waals surface area contributed by atoms with Crippen molar-refractivity contribution in [1.82, 2.24) is 4.98 Å². The number of nitrogens with two attached hydrogens (primary N) is 1. The second kappa shape index (κ2) is 4.49. The number of pyridine rings is 1. The highest BCUT2D eigenvalue weighted by molar-refractivity contribution is 5.98. The van der Waals surface area contributed by atoms with Crippen LogP contribution in [-0.4, -0.2) is 36.7 Å². The van der Waals surface area contributed by atoms with Crippen molar-refractivity contribution in [3.63, 3.8) is 0 Å². The monoisotopic (exact) mass is 221 g/mol. The lowest BCUT2D eigenvalue weighted by atomic mass is 10.1. The van der Waals surface area contributed by atoms with Crippen LogP contribution in [0.4, 0.5) is 5.69 Å². The quantitative estimate of drug-likeness (QED) is 0.799. The minimum Gasteiger partial charge on any atom is -0.375 e. The third-order valence-electron chi connectivity index (χ3n) is 2.66. The van der Waals surface area contributed by atoms with Gasteiger partial charge in [-0.3, -0.25) is 9.78 Å². The van der Waals surface area contributed by atoms with Crippen LogP contribution in [0.1, 0.15) is 17.3 Å². The van der Waals surface area contributed by atoms with Gasteiger partial charge in [0, 0.05) is 25.9 Å². The molecule has 0 unspecified atom stereocenters. The molecule has 0 aromatic carbocycles. The molecule has 0 atom stereocenters. The number of ether oxygens (including phenoxy) is 1. The molecule has 1 saturated heterocycles. The molecule has 16 heavy (non-hydrogen) atoms. The first-order valence-electron chi connectivity index (χ1n) is 5.32. The van der Waals surface area contributed by atoms with Crippen molar-refractivity contribution in [2.45, 2.75) is 13.0 Å². The molecule has 5 nitrogen and oxygen atoms in total. The van der Waals surface area contributed by atoms with E-state index in [0.29, 0.717) is 12.2 Å². The van der Waals surface area contributed by atoms with Crippen molar-refractivity contribution in [3.8, 4) is 0 Å². The van der Waals surface area contributed by atoms with Crippen molar-refractivity contribution in [3.05, 3.63) is 24.0 Å². The fourth-order valence-electron chi connectivity index (χ4n) is 1.82. The largest absolute Gasteiger partial charge is 0.375 e. The Labute approximate surface area is 94.2 Å². The van der Waals surface area contributed by atoms with Crippen molar-refractivity contribution in [2.75, 3.05) is 24.6 Å². The molecule has 2 N–H and O–H groups in total. The van der Waals surface area contributed by atoms with Crippen LogP contribution in [0, 0.1) is 0 Å². The molecule has 0 bridgehead atoms. The lowest BCUT2D eigenvalue weighted by molar-refractivity contribution is 0.0429. The molecule has 1 aliphatic rings. The lowest BCUT2D eigenvalue weighted by Crippen LogP contribution is -2.53. The van der Waals surface area contributed by atoms with Gasteiger partial charge in [-0.05, 0) is 13.0 Å². The van der Waals surface area contributed by atoms with E-state index in [0.717, 1.165) is 18.8 Å². The normalized spacial score (nSPS) is 15.9. The average molecular weight is 221 g/mol. The Morgan fingerprint density at radius 3 is 3.06 bits per heavy atom. The maximum absolute atomic E-state index is 11.2. The van der Waals surface area contributed by atoms with Crippen LogP contribution in [0.15, 0.2) is 18.5 Å². The number of carbonyl (C=O) groups excluding carboxylic acids is 1. The average Bonchev–Trinajstić information content (AvgIpc) is 2.23. The molecule has 1 aromatic heterocycles. The second-order valence-electron chi connectivity index (χ2n) is 3.74. The maximum Gasteiger partial charge on any atom is 0.250 e. The summed E-state index contributed by atoms with van der Waals surface area (Å²) in [5.74, 6) is -0.419. The molecule has 0 radical (unpaired) electrons. The minimum absolute atomic E-state index is 0.255. The first-order valence-corrected chi connectivity index (χ1v) is 5.32. The SMILES string of the molecule is CCOC1CN(c2cnccc2C(N)=O)C1. The van der Waals surface area contributed by atoms with Crippen LogP contribution in [-0.2, 0) is 4.74 Å². The van der Waals surface area contributed by atoms with E-state index in [9.17, 15) is 4.79 Å². The van der Waals surface area contributed by atoms with E-state index >= 15 is 0 Å². The van der Waals surface area contributed by atoms with Crippen LogP contribution in [0.5, 0.6) is 0 Å². The molecule has 0 aliphatic carbocycles. The molecular weight excluding hydrogens is 206 g/mol. The first kappa shape index (κ1) is 10.9. The van der Waals surface area contributed by atoms with Gasteiger partial charge in [0.15, 0.2) is 0 Å². The number of rotatable bonds is 4. The van der Waals surface area contributed by atoms with Crippen LogP contribution >= 0.6 is 0 Å². The molecule has 2 heterocycles. The zero-order chi connectivity index (χ0) is 11.5. The Hall–Kier alpha value is -1.62. The van der Waals surface area contributed by atoms with Crippen molar-refractivity contribution in [1.29, 1.82) is 0 Å². The fourth-order valence-corrected chi connectivity index (χ4v) is 1.82. The summed E-state index contributed by atoms with van der Waals surface area (Å²) in [5.41, 5.74) is 6.62. The van der Waals surface area contributed by atoms with E-state index in [1.165, 1.54) is 0 Å².